The highest BCUT2D eigenvalue weighted by atomic mass is 35.5. The Balaban J connectivity index is 2.27. The van der Waals surface area contributed by atoms with Crippen LogP contribution in [0.4, 0.5) is 0 Å². The average Bonchev–Trinajstić information content (AvgIpc) is 2.53. The first-order chi connectivity index (χ1) is 12.1. The Labute approximate surface area is 163 Å². The first-order valence-electron chi connectivity index (χ1n) is 8.16. The van der Waals surface area contributed by atoms with E-state index in [4.69, 9.17) is 23.2 Å². The number of hydrogen-bond donors (Lipinski definition) is 2. The van der Waals surface area contributed by atoms with Crippen molar-refractivity contribution < 1.29 is 14.7 Å². The molecule has 1 atom stereocenters. The molecule has 0 aliphatic rings. The van der Waals surface area contributed by atoms with Gasteiger partial charge in [-0.3, -0.25) is 9.59 Å². The molecule has 4 nitrogen and oxygen atoms in total. The van der Waals surface area contributed by atoms with Gasteiger partial charge in [0.2, 0.25) is 0 Å². The minimum Gasteiger partial charge on any atom is -0.481 e. The third-order valence-electron chi connectivity index (χ3n) is 4.04. The summed E-state index contributed by atoms with van der Waals surface area (Å²) in [6, 6.07) is 11.5. The lowest BCUT2D eigenvalue weighted by molar-refractivity contribution is -0.137. The fourth-order valence-electron chi connectivity index (χ4n) is 2.55. The average molecular weight is 394 g/mol. The minimum absolute atomic E-state index is 0.0130. The Morgan fingerprint density at radius 1 is 1.08 bits per heavy atom. The molecule has 1 amide bonds. The maximum absolute atomic E-state index is 12.5. The molecule has 0 unspecified atom stereocenters. The number of carbonyl (C=O) groups excluding carboxylic acids is 1. The maximum Gasteiger partial charge on any atom is 0.305 e. The van der Waals surface area contributed by atoms with Crippen LogP contribution >= 0.6 is 23.2 Å². The Morgan fingerprint density at radius 2 is 1.69 bits per heavy atom. The topological polar surface area (TPSA) is 66.4 Å². The summed E-state index contributed by atoms with van der Waals surface area (Å²) < 4.78 is 0. The molecule has 6 heteroatoms. The second kappa shape index (κ2) is 8.11. The van der Waals surface area contributed by atoms with Crippen LogP contribution in [0.25, 0.3) is 0 Å². The zero-order chi connectivity index (χ0) is 19.5. The van der Waals surface area contributed by atoms with E-state index in [1.807, 2.05) is 24.3 Å². The fourth-order valence-corrected chi connectivity index (χ4v) is 3.05. The van der Waals surface area contributed by atoms with Crippen LogP contribution in [0.2, 0.25) is 10.0 Å². The molecule has 0 bridgehead atoms. The van der Waals surface area contributed by atoms with Crippen molar-refractivity contribution in [1.82, 2.24) is 5.32 Å². The summed E-state index contributed by atoms with van der Waals surface area (Å²) in [5.74, 6) is -1.45. The van der Waals surface area contributed by atoms with E-state index in [1.165, 1.54) is 12.1 Å². The number of nitrogens with one attached hydrogen (secondary N) is 1. The summed E-state index contributed by atoms with van der Waals surface area (Å²) in [6.07, 6.45) is -0.230. The van der Waals surface area contributed by atoms with Crippen LogP contribution in [0.15, 0.2) is 42.5 Å². The van der Waals surface area contributed by atoms with Crippen LogP contribution in [0.3, 0.4) is 0 Å². The van der Waals surface area contributed by atoms with Crippen molar-refractivity contribution in [3.63, 3.8) is 0 Å². The lowest BCUT2D eigenvalue weighted by atomic mass is 9.86. The monoisotopic (exact) mass is 393 g/mol. The number of carboxylic acid groups (broad SMARTS) is 1. The van der Waals surface area contributed by atoms with Crippen molar-refractivity contribution in [3.05, 3.63) is 69.2 Å². The van der Waals surface area contributed by atoms with Gasteiger partial charge in [-0.2, -0.15) is 0 Å². The van der Waals surface area contributed by atoms with Crippen molar-refractivity contribution in [1.29, 1.82) is 0 Å². The summed E-state index contributed by atoms with van der Waals surface area (Å²) in [5.41, 5.74) is 2.08. The molecule has 0 spiro atoms. The summed E-state index contributed by atoms with van der Waals surface area (Å²) in [7, 11) is 0. The largest absolute Gasteiger partial charge is 0.481 e. The molecule has 0 fully saturated rings. The van der Waals surface area contributed by atoms with Gasteiger partial charge in [0, 0.05) is 5.02 Å². The number of halogens is 2. The molecule has 0 saturated carbocycles. The molecule has 0 aromatic heterocycles. The van der Waals surface area contributed by atoms with Crippen LogP contribution < -0.4 is 5.32 Å². The predicted molar refractivity (Wildman–Crippen MR) is 104 cm³/mol. The van der Waals surface area contributed by atoms with Gasteiger partial charge in [-0.1, -0.05) is 68.2 Å². The highest BCUT2D eigenvalue weighted by Crippen LogP contribution is 2.26. The molecule has 2 N–H and O–H groups in total. The highest BCUT2D eigenvalue weighted by molar-refractivity contribution is 6.36. The minimum atomic E-state index is -1.00. The van der Waals surface area contributed by atoms with Crippen molar-refractivity contribution in [2.75, 3.05) is 0 Å². The molecule has 0 saturated heterocycles. The lowest BCUT2D eigenvalue weighted by Crippen LogP contribution is -2.30. The second-order valence-corrected chi connectivity index (χ2v) is 7.96. The molecule has 0 aliphatic carbocycles. The third-order valence-corrected chi connectivity index (χ3v) is 4.59. The van der Waals surface area contributed by atoms with Gasteiger partial charge < -0.3 is 10.4 Å². The first kappa shape index (κ1) is 20.3. The number of carbonyl (C=O) groups is 2. The van der Waals surface area contributed by atoms with E-state index in [0.29, 0.717) is 5.02 Å². The first-order valence-corrected chi connectivity index (χ1v) is 8.91. The zero-order valence-corrected chi connectivity index (χ0v) is 16.4. The fraction of sp³-hybridized carbons (Fsp3) is 0.300. The van der Waals surface area contributed by atoms with Gasteiger partial charge in [-0.05, 0) is 34.7 Å². The van der Waals surface area contributed by atoms with Gasteiger partial charge in [0.05, 0.1) is 23.0 Å². The third kappa shape index (κ3) is 5.23. The normalized spacial score (nSPS) is 12.5. The van der Waals surface area contributed by atoms with Crippen LogP contribution in [0, 0.1) is 0 Å². The molecule has 0 radical (unpaired) electrons. The lowest BCUT2D eigenvalue weighted by Gasteiger charge is -2.22. The number of carboxylic acids is 1. The van der Waals surface area contributed by atoms with E-state index in [-0.39, 0.29) is 22.4 Å². The van der Waals surface area contributed by atoms with Crippen molar-refractivity contribution >= 4 is 35.1 Å². The summed E-state index contributed by atoms with van der Waals surface area (Å²) in [6.45, 7) is 6.29. The number of aliphatic carboxylic acids is 1. The number of benzene rings is 2. The molecule has 0 aliphatic heterocycles. The van der Waals surface area contributed by atoms with Gasteiger partial charge in [0.15, 0.2) is 0 Å². The quantitative estimate of drug-likeness (QED) is 0.729. The molecule has 2 aromatic carbocycles. The zero-order valence-electron chi connectivity index (χ0n) is 14.8. The van der Waals surface area contributed by atoms with E-state index in [2.05, 4.69) is 26.1 Å². The molecule has 26 heavy (non-hydrogen) atoms. The van der Waals surface area contributed by atoms with Gasteiger partial charge in [0.1, 0.15) is 0 Å². The van der Waals surface area contributed by atoms with Crippen LogP contribution in [0.5, 0.6) is 0 Å². The van der Waals surface area contributed by atoms with Gasteiger partial charge in [0.25, 0.3) is 5.91 Å². The van der Waals surface area contributed by atoms with E-state index in [9.17, 15) is 14.7 Å². The van der Waals surface area contributed by atoms with E-state index in [1.54, 1.807) is 6.07 Å². The van der Waals surface area contributed by atoms with Crippen molar-refractivity contribution in [2.45, 2.75) is 38.6 Å². The van der Waals surface area contributed by atoms with E-state index >= 15 is 0 Å². The summed E-state index contributed by atoms with van der Waals surface area (Å²) >= 11 is 11.9. The SMILES string of the molecule is CC(C)(C)c1ccc([C@H](CC(=O)O)NC(=O)c2ccc(Cl)cc2Cl)cc1. The highest BCUT2D eigenvalue weighted by Gasteiger charge is 2.21. The van der Waals surface area contributed by atoms with Crippen molar-refractivity contribution in [2.24, 2.45) is 0 Å². The Bertz CT molecular complexity index is 811. The molecular formula is C20H21Cl2NO3. The summed E-state index contributed by atoms with van der Waals surface area (Å²) in [5, 5.41) is 12.6. The molecule has 138 valence electrons. The molecular weight excluding hydrogens is 373 g/mol. The van der Waals surface area contributed by atoms with E-state index < -0.39 is 17.9 Å². The summed E-state index contributed by atoms with van der Waals surface area (Å²) in [4.78, 5) is 23.8. The van der Waals surface area contributed by atoms with Crippen LogP contribution in [-0.2, 0) is 10.2 Å². The molecule has 2 rings (SSSR count). The van der Waals surface area contributed by atoms with Crippen molar-refractivity contribution in [3.8, 4) is 0 Å². The van der Waals surface area contributed by atoms with Crippen LogP contribution in [-0.4, -0.2) is 17.0 Å². The molecule has 2 aromatic rings. The number of hydrogen-bond acceptors (Lipinski definition) is 2. The number of amides is 1. The predicted octanol–water partition coefficient (Wildman–Crippen LogP) is 5.24. The van der Waals surface area contributed by atoms with E-state index in [0.717, 1.165) is 11.1 Å². The van der Waals surface area contributed by atoms with Gasteiger partial charge >= 0.3 is 5.97 Å². The van der Waals surface area contributed by atoms with Gasteiger partial charge in [-0.15, -0.1) is 0 Å². The molecule has 0 heterocycles. The Morgan fingerprint density at radius 3 is 2.19 bits per heavy atom. The smallest absolute Gasteiger partial charge is 0.305 e. The second-order valence-electron chi connectivity index (χ2n) is 7.12. The number of rotatable bonds is 5. The Kier molecular flexibility index (Phi) is 6.32. The van der Waals surface area contributed by atoms with Crippen LogP contribution in [0.1, 0.15) is 54.7 Å². The maximum atomic E-state index is 12.5. The van der Waals surface area contributed by atoms with Gasteiger partial charge in [-0.25, -0.2) is 0 Å². The Hall–Kier alpha value is -2.04. The standard InChI is InChI=1S/C20H21Cl2NO3/c1-20(2,3)13-6-4-12(5-7-13)17(11-18(24)25)23-19(26)15-9-8-14(21)10-16(15)22/h4-10,17H,11H2,1-3H3,(H,23,26)(H,24,25)/t17-/m0/s1.